The van der Waals surface area contributed by atoms with E-state index < -0.39 is 5.91 Å². The van der Waals surface area contributed by atoms with E-state index in [1.165, 1.54) is 11.3 Å². The lowest BCUT2D eigenvalue weighted by Gasteiger charge is -2.08. The van der Waals surface area contributed by atoms with Crippen LogP contribution in [0.15, 0.2) is 35.7 Å². The number of carbonyl (C=O) groups excluding carboxylic acids is 3. The van der Waals surface area contributed by atoms with Gasteiger partial charge in [-0.1, -0.05) is 35.3 Å². The molecule has 0 radical (unpaired) electrons. The molecule has 138 valence electrons. The summed E-state index contributed by atoms with van der Waals surface area (Å²) in [6, 6.07) is 8.59. The summed E-state index contributed by atoms with van der Waals surface area (Å²) in [5.41, 5.74) is 0.872. The second-order valence-electron chi connectivity index (χ2n) is 5.27. The summed E-state index contributed by atoms with van der Waals surface area (Å²) in [6.45, 7) is 0.0254. The Bertz CT molecular complexity index is 782. The fourth-order valence-electron chi connectivity index (χ4n) is 2.02. The van der Waals surface area contributed by atoms with Crippen molar-refractivity contribution >= 4 is 52.3 Å². The monoisotopic (exact) mass is 413 g/mol. The van der Waals surface area contributed by atoms with E-state index in [2.05, 4.69) is 16.0 Å². The molecule has 0 fully saturated rings. The minimum atomic E-state index is -0.439. The molecule has 0 spiro atoms. The molecule has 0 aliphatic rings. The van der Waals surface area contributed by atoms with Crippen LogP contribution >= 0.6 is 34.5 Å². The van der Waals surface area contributed by atoms with Gasteiger partial charge >= 0.3 is 0 Å². The molecule has 2 rings (SSSR count). The number of nitrogens with one attached hydrogen (secondary N) is 3. The van der Waals surface area contributed by atoms with Gasteiger partial charge in [0.1, 0.15) is 0 Å². The molecule has 0 atom stereocenters. The van der Waals surface area contributed by atoms with Crippen molar-refractivity contribution in [1.29, 1.82) is 0 Å². The Balaban J connectivity index is 1.62. The number of thiophene rings is 1. The van der Waals surface area contributed by atoms with E-state index in [0.717, 1.165) is 5.56 Å². The summed E-state index contributed by atoms with van der Waals surface area (Å²) >= 11 is 13.2. The molecule has 3 amide bonds. The van der Waals surface area contributed by atoms with E-state index in [-0.39, 0.29) is 24.9 Å². The molecule has 0 saturated carbocycles. The van der Waals surface area contributed by atoms with Crippen LogP contribution in [0.1, 0.15) is 15.2 Å². The first-order valence-corrected chi connectivity index (χ1v) is 9.38. The summed E-state index contributed by atoms with van der Waals surface area (Å²) in [5, 5.41) is 10.5. The van der Waals surface area contributed by atoms with Crippen molar-refractivity contribution in [2.75, 3.05) is 19.6 Å². The van der Waals surface area contributed by atoms with Crippen molar-refractivity contribution < 1.29 is 14.4 Å². The van der Waals surface area contributed by atoms with E-state index >= 15 is 0 Å². The largest absolute Gasteiger partial charge is 0.354 e. The second kappa shape index (κ2) is 10.2. The summed E-state index contributed by atoms with van der Waals surface area (Å²) in [5.74, 6) is -1.08. The van der Waals surface area contributed by atoms with Crippen LogP contribution in [0.2, 0.25) is 10.0 Å². The van der Waals surface area contributed by atoms with Crippen molar-refractivity contribution in [3.63, 3.8) is 0 Å². The highest BCUT2D eigenvalue weighted by Crippen LogP contribution is 2.20. The van der Waals surface area contributed by atoms with Gasteiger partial charge in [0.15, 0.2) is 0 Å². The molecule has 1 aromatic carbocycles. The zero-order valence-corrected chi connectivity index (χ0v) is 16.0. The van der Waals surface area contributed by atoms with E-state index in [1.807, 2.05) is 0 Å². The first-order valence-electron chi connectivity index (χ1n) is 7.74. The SMILES string of the molecule is O=C(CNC(=O)CNC(=O)c1cccs1)NCCc1ccc(Cl)cc1Cl. The fraction of sp³-hybridized carbons (Fsp3) is 0.235. The lowest BCUT2D eigenvalue weighted by atomic mass is 10.1. The average Bonchev–Trinajstić information content (AvgIpc) is 3.14. The molecule has 6 nitrogen and oxygen atoms in total. The molecule has 3 N–H and O–H groups in total. The van der Waals surface area contributed by atoms with Crippen molar-refractivity contribution in [1.82, 2.24) is 16.0 Å². The zero-order valence-electron chi connectivity index (χ0n) is 13.7. The Kier molecular flexibility index (Phi) is 7.90. The van der Waals surface area contributed by atoms with Gasteiger partial charge in [-0.15, -0.1) is 11.3 Å². The van der Waals surface area contributed by atoms with Gasteiger partial charge in [-0.25, -0.2) is 0 Å². The molecule has 1 heterocycles. The maximum Gasteiger partial charge on any atom is 0.261 e. The van der Waals surface area contributed by atoms with Gasteiger partial charge in [-0.3, -0.25) is 14.4 Å². The van der Waals surface area contributed by atoms with Gasteiger partial charge in [0.05, 0.1) is 18.0 Å². The second-order valence-corrected chi connectivity index (χ2v) is 7.06. The summed E-state index contributed by atoms with van der Waals surface area (Å²) < 4.78 is 0. The predicted octanol–water partition coefficient (Wildman–Crippen LogP) is 2.26. The Morgan fingerprint density at radius 3 is 2.38 bits per heavy atom. The third kappa shape index (κ3) is 6.67. The minimum absolute atomic E-state index is 0.165. The first kappa shape index (κ1) is 20.2. The van der Waals surface area contributed by atoms with E-state index in [0.29, 0.717) is 27.9 Å². The maximum atomic E-state index is 11.7. The number of amides is 3. The van der Waals surface area contributed by atoms with Crippen LogP contribution in [0, 0.1) is 0 Å². The number of halogens is 2. The van der Waals surface area contributed by atoms with E-state index in [9.17, 15) is 14.4 Å². The number of hydrogen-bond donors (Lipinski definition) is 3. The van der Waals surface area contributed by atoms with E-state index in [4.69, 9.17) is 23.2 Å². The van der Waals surface area contributed by atoms with Crippen LogP contribution in [-0.4, -0.2) is 37.4 Å². The van der Waals surface area contributed by atoms with Crippen LogP contribution < -0.4 is 16.0 Å². The van der Waals surface area contributed by atoms with Crippen molar-refractivity contribution in [2.24, 2.45) is 0 Å². The lowest BCUT2D eigenvalue weighted by Crippen LogP contribution is -2.42. The number of rotatable bonds is 8. The highest BCUT2D eigenvalue weighted by molar-refractivity contribution is 7.12. The third-order valence-corrected chi connectivity index (χ3v) is 4.79. The Morgan fingerprint density at radius 1 is 0.962 bits per heavy atom. The zero-order chi connectivity index (χ0) is 18.9. The molecule has 2 aromatic rings. The highest BCUT2D eigenvalue weighted by atomic mass is 35.5. The standard InChI is InChI=1S/C17H17Cl2N3O3S/c18-12-4-3-11(13(19)8-12)5-6-20-15(23)9-21-16(24)10-22-17(25)14-2-1-7-26-14/h1-4,7-8H,5-6,9-10H2,(H,20,23)(H,21,24)(H,22,25). The topological polar surface area (TPSA) is 87.3 Å². The molecule has 26 heavy (non-hydrogen) atoms. The van der Waals surface area contributed by atoms with Crippen molar-refractivity contribution in [3.05, 3.63) is 56.2 Å². The van der Waals surface area contributed by atoms with Gasteiger partial charge in [0.25, 0.3) is 5.91 Å². The van der Waals surface area contributed by atoms with Crippen molar-refractivity contribution in [2.45, 2.75) is 6.42 Å². The average molecular weight is 414 g/mol. The molecule has 0 bridgehead atoms. The summed E-state index contributed by atoms with van der Waals surface area (Å²) in [6.07, 6.45) is 0.548. The summed E-state index contributed by atoms with van der Waals surface area (Å²) in [7, 11) is 0. The number of benzene rings is 1. The fourth-order valence-corrected chi connectivity index (χ4v) is 3.16. The van der Waals surface area contributed by atoms with E-state index in [1.54, 1.807) is 35.7 Å². The molecular formula is C17H17Cl2N3O3S. The predicted molar refractivity (Wildman–Crippen MR) is 103 cm³/mol. The quantitative estimate of drug-likeness (QED) is 0.619. The highest BCUT2D eigenvalue weighted by Gasteiger charge is 2.10. The maximum absolute atomic E-state index is 11.7. The number of hydrogen-bond acceptors (Lipinski definition) is 4. The minimum Gasteiger partial charge on any atom is -0.354 e. The van der Waals surface area contributed by atoms with Gasteiger partial charge in [-0.05, 0) is 35.6 Å². The normalized spacial score (nSPS) is 10.2. The number of carbonyl (C=O) groups is 3. The Morgan fingerprint density at radius 2 is 1.69 bits per heavy atom. The van der Waals surface area contributed by atoms with Gasteiger partial charge in [0.2, 0.25) is 11.8 Å². The van der Waals surface area contributed by atoms with Crippen LogP contribution in [0.4, 0.5) is 0 Å². The molecule has 1 aromatic heterocycles. The lowest BCUT2D eigenvalue weighted by molar-refractivity contribution is -0.125. The van der Waals surface area contributed by atoms with Gasteiger partial charge in [0, 0.05) is 16.6 Å². The molecule has 9 heteroatoms. The van der Waals surface area contributed by atoms with Crippen LogP contribution in [0.5, 0.6) is 0 Å². The van der Waals surface area contributed by atoms with Crippen LogP contribution in [0.3, 0.4) is 0 Å². The third-order valence-electron chi connectivity index (χ3n) is 3.33. The van der Waals surface area contributed by atoms with Crippen LogP contribution in [0.25, 0.3) is 0 Å². The first-order chi connectivity index (χ1) is 12.5. The van der Waals surface area contributed by atoms with Gasteiger partial charge < -0.3 is 16.0 Å². The molecule has 0 unspecified atom stereocenters. The molecule has 0 saturated heterocycles. The smallest absolute Gasteiger partial charge is 0.261 e. The molecule has 0 aliphatic heterocycles. The summed E-state index contributed by atoms with van der Waals surface area (Å²) in [4.78, 5) is 35.6. The van der Waals surface area contributed by atoms with Crippen LogP contribution in [-0.2, 0) is 16.0 Å². The Labute approximate surface area is 164 Å². The van der Waals surface area contributed by atoms with Gasteiger partial charge in [-0.2, -0.15) is 0 Å². The molecular weight excluding hydrogens is 397 g/mol. The molecule has 0 aliphatic carbocycles. The van der Waals surface area contributed by atoms with Crippen molar-refractivity contribution in [3.8, 4) is 0 Å². The Hall–Kier alpha value is -2.09.